The highest BCUT2D eigenvalue weighted by atomic mass is 16.6. The molecule has 0 fully saturated rings. The van der Waals surface area contributed by atoms with E-state index in [2.05, 4.69) is 68.1 Å². The predicted molar refractivity (Wildman–Crippen MR) is 372 cm³/mol. The van der Waals surface area contributed by atoms with E-state index in [0.29, 0.717) is 96.2 Å². The number of carbonyl (C=O) groups excluding carboxylic acids is 7. The van der Waals surface area contributed by atoms with Gasteiger partial charge in [0.05, 0.1) is 6.61 Å². The number of carbonyl (C=O) groups is 7. The first-order chi connectivity index (χ1) is 43.7. The Morgan fingerprint density at radius 2 is 0.777 bits per heavy atom. The Morgan fingerprint density at radius 3 is 1.21 bits per heavy atom. The van der Waals surface area contributed by atoms with Gasteiger partial charge < -0.3 is 80.9 Å². The zero-order valence-electron chi connectivity index (χ0n) is 62.2. The molecule has 554 valence electrons. The number of unbranched alkanes of at least 4 members (excludes halogenated alkanes) is 6. The van der Waals surface area contributed by atoms with Crippen molar-refractivity contribution in [2.75, 3.05) is 65.5 Å². The van der Waals surface area contributed by atoms with Crippen LogP contribution in [0, 0.1) is 29.6 Å². The molecule has 0 heterocycles. The lowest BCUT2D eigenvalue weighted by Gasteiger charge is -2.34. The van der Waals surface area contributed by atoms with Gasteiger partial charge in [-0.05, 0) is 164 Å². The molecular formula is C71H139N7O16. The van der Waals surface area contributed by atoms with Crippen LogP contribution in [-0.2, 0) is 33.3 Å². The second-order valence-corrected chi connectivity index (χ2v) is 30.3. The van der Waals surface area contributed by atoms with Gasteiger partial charge in [-0.1, -0.05) is 125 Å². The third-order valence-corrected chi connectivity index (χ3v) is 15.7. The summed E-state index contributed by atoms with van der Waals surface area (Å²) in [6.45, 7) is 37.7. The van der Waals surface area contributed by atoms with Crippen LogP contribution in [0.1, 0.15) is 272 Å². The van der Waals surface area contributed by atoms with Crippen LogP contribution in [0.4, 0.5) is 19.2 Å². The number of hydrogen-bond acceptors (Lipinski definition) is 16. The van der Waals surface area contributed by atoms with Crippen LogP contribution in [-0.4, -0.2) is 190 Å². The topological polar surface area (TPSA) is 324 Å². The number of amides is 7. The number of nitrogens with zero attached hydrogens (tertiary/aromatic N) is 2. The van der Waals surface area contributed by atoms with E-state index in [-0.39, 0.29) is 30.8 Å². The highest BCUT2D eigenvalue weighted by molar-refractivity contribution is 5.81. The maximum atomic E-state index is 13.7. The molecular weight excluding hydrogens is 1210 g/mol. The van der Waals surface area contributed by atoms with Crippen LogP contribution in [0.3, 0.4) is 0 Å². The molecule has 0 aromatic rings. The molecule has 0 saturated carbocycles. The Morgan fingerprint density at radius 1 is 0.404 bits per heavy atom. The molecule has 0 radical (unpaired) electrons. The molecule has 8 atom stereocenters. The Bertz CT molecular complexity index is 1970. The smallest absolute Gasteiger partial charge is 0.410 e. The van der Waals surface area contributed by atoms with Crippen molar-refractivity contribution < 1.29 is 78.0 Å². The summed E-state index contributed by atoms with van der Waals surface area (Å²) in [5.41, 5.74) is -2.61. The molecule has 7 amide bonds. The lowest BCUT2D eigenvalue weighted by Crippen LogP contribution is -2.52. The average molecular weight is 1350 g/mol. The van der Waals surface area contributed by atoms with Crippen molar-refractivity contribution in [1.29, 1.82) is 0 Å². The molecule has 0 aliphatic carbocycles. The monoisotopic (exact) mass is 1350 g/mol. The lowest BCUT2D eigenvalue weighted by atomic mass is 9.92. The molecule has 0 aliphatic heterocycles. The molecule has 23 heteroatoms. The Hall–Kier alpha value is -4.71. The minimum Gasteiger partial charge on any atom is -0.444 e. The fourth-order valence-corrected chi connectivity index (χ4v) is 10.1. The Labute approximate surface area is 568 Å². The quantitative estimate of drug-likeness (QED) is 0.0200. The summed E-state index contributed by atoms with van der Waals surface area (Å²) in [7, 11) is 0. The highest BCUT2D eigenvalue weighted by Crippen LogP contribution is 2.24. The van der Waals surface area contributed by atoms with Gasteiger partial charge in [0.2, 0.25) is 11.8 Å². The van der Waals surface area contributed by atoms with E-state index in [4.69, 9.17) is 24.1 Å². The fourth-order valence-electron chi connectivity index (χ4n) is 10.1. The molecule has 0 bridgehead atoms. The second kappa shape index (κ2) is 50.6. The number of hydrogen-bond donors (Lipinski definition) is 10. The van der Waals surface area contributed by atoms with Crippen molar-refractivity contribution >= 4 is 42.1 Å². The summed E-state index contributed by atoms with van der Waals surface area (Å²) in [5, 5.41) is 60.7. The van der Waals surface area contributed by atoms with Gasteiger partial charge in [-0.2, -0.15) is 0 Å². The molecule has 4 unspecified atom stereocenters. The van der Waals surface area contributed by atoms with Crippen LogP contribution in [0.15, 0.2) is 0 Å². The van der Waals surface area contributed by atoms with Crippen molar-refractivity contribution in [3.8, 4) is 0 Å². The van der Waals surface area contributed by atoms with Gasteiger partial charge in [0, 0.05) is 71.7 Å². The Kier molecular flexibility index (Phi) is 49.2. The van der Waals surface area contributed by atoms with Crippen LogP contribution >= 0.6 is 0 Å². The van der Waals surface area contributed by atoms with Crippen molar-refractivity contribution in [3.63, 3.8) is 0 Å². The van der Waals surface area contributed by atoms with Crippen molar-refractivity contribution in [2.45, 2.75) is 319 Å². The maximum Gasteiger partial charge on any atom is 0.410 e. The Balaban J connectivity index is 0. The average Bonchev–Trinajstić information content (AvgIpc) is 1.07. The molecule has 10 N–H and O–H groups in total. The van der Waals surface area contributed by atoms with Crippen LogP contribution in [0.25, 0.3) is 0 Å². The second-order valence-electron chi connectivity index (χ2n) is 30.3. The van der Waals surface area contributed by atoms with Gasteiger partial charge in [0.25, 0.3) is 5.91 Å². The van der Waals surface area contributed by atoms with E-state index in [1.54, 1.807) is 9.80 Å². The van der Waals surface area contributed by atoms with Crippen molar-refractivity contribution in [1.82, 2.24) is 36.4 Å². The molecule has 0 aromatic heterocycles. The van der Waals surface area contributed by atoms with Gasteiger partial charge >= 0.3 is 24.4 Å². The molecule has 0 aliphatic rings. The van der Waals surface area contributed by atoms with E-state index in [0.717, 1.165) is 76.0 Å². The minimum atomic E-state index is -1.98. The molecule has 0 aromatic carbocycles. The molecule has 94 heavy (non-hydrogen) atoms. The van der Waals surface area contributed by atoms with Crippen LogP contribution < -0.4 is 26.6 Å². The van der Waals surface area contributed by atoms with Crippen molar-refractivity contribution in [3.05, 3.63) is 0 Å². The number of nitrogens with one attached hydrogen (secondary N) is 5. The summed E-state index contributed by atoms with van der Waals surface area (Å²) in [5.74, 6) is 1.56. The van der Waals surface area contributed by atoms with Crippen molar-refractivity contribution in [2.24, 2.45) is 29.6 Å². The van der Waals surface area contributed by atoms with Gasteiger partial charge in [-0.25, -0.2) is 19.2 Å². The summed E-state index contributed by atoms with van der Waals surface area (Å²) in [6, 6.07) is 0. The number of rotatable bonds is 47. The van der Waals surface area contributed by atoms with Gasteiger partial charge in [-0.3, -0.25) is 14.4 Å². The minimum absolute atomic E-state index is 0.0395. The first-order valence-electron chi connectivity index (χ1n) is 35.8. The molecule has 23 nitrogen and oxygen atoms in total. The lowest BCUT2D eigenvalue weighted by molar-refractivity contribution is -0.148. The standard InChI is InChI=1S/C45H87N5O9.C26H52N2O7/c1-15-24-35(2)26-27-37(51)46-28-19-17-16-18-25-36(33-49(40(54)58-44(9,10)11)31-22-20-29-47-38(52)56-42(3,4)5)34-50(41(55)59-45(12,13)14)32-23-21-30-48-39(53)57-43(6,7)8;1-5-18(2)9-6-7-10-19(3)11-8-12-20(4)13-14-22(31)27-15-16-28-26(35)25(34)24(33)23(32)21(30)17-29/h35-36H,15-34H2,1-14H3,(H,46,51)(H,47,52)(H,48,53);18-21,23-25,29-30,32-34H,5-17H2,1-4H3,(H,27,31)(H,28,35)/t;18?,19?,20?,21-,23-,24+,25-/m.1/s1. The SMILES string of the molecule is CCC(C)CCCCC(C)CCCC(C)CCC(=O)NCCNC(=O)[C@H](O)[C@@H](O)[C@H](O)[C@H](O)CO.CCCC(C)CCC(=O)NCCCCCCC(CN(CCCCNC(=O)OC(C)(C)C)C(=O)OC(C)(C)C)CN(CCCCNC(=O)OC(C)(C)C)C(=O)OC(C)(C)C. The number of ether oxygens (including phenoxy) is 4. The van der Waals surface area contributed by atoms with Crippen LogP contribution in [0.2, 0.25) is 0 Å². The first kappa shape index (κ1) is 91.3. The summed E-state index contributed by atoms with van der Waals surface area (Å²) in [6.07, 6.45) is 12.6. The third kappa shape index (κ3) is 53.4. The van der Waals surface area contributed by atoms with Gasteiger partial charge in [0.1, 0.15) is 40.7 Å². The van der Waals surface area contributed by atoms with E-state index in [9.17, 15) is 54.0 Å². The normalized spacial score (nSPS) is 14.5. The largest absolute Gasteiger partial charge is 0.444 e. The van der Waals surface area contributed by atoms with Gasteiger partial charge in [0.15, 0.2) is 6.10 Å². The molecule has 0 rings (SSSR count). The fraction of sp³-hybridized carbons (Fsp3) is 0.901. The van der Waals surface area contributed by atoms with E-state index < -0.39 is 83.7 Å². The third-order valence-electron chi connectivity index (χ3n) is 15.7. The highest BCUT2D eigenvalue weighted by Gasteiger charge is 2.34. The predicted octanol–water partition coefficient (Wildman–Crippen LogP) is 11.5. The molecule has 0 spiro atoms. The zero-order valence-corrected chi connectivity index (χ0v) is 62.2. The van der Waals surface area contributed by atoms with E-state index >= 15 is 0 Å². The zero-order chi connectivity index (χ0) is 72.1. The molecule has 0 saturated heterocycles. The number of aliphatic hydroxyl groups is 5. The van der Waals surface area contributed by atoms with E-state index in [1.165, 1.54) is 44.9 Å². The van der Waals surface area contributed by atoms with Gasteiger partial charge in [-0.15, -0.1) is 0 Å². The summed E-state index contributed by atoms with van der Waals surface area (Å²) in [4.78, 5) is 91.4. The maximum absolute atomic E-state index is 13.7. The number of alkyl carbamates (subject to hydrolysis) is 2. The van der Waals surface area contributed by atoms with Crippen LogP contribution in [0.5, 0.6) is 0 Å². The first-order valence-corrected chi connectivity index (χ1v) is 35.8. The summed E-state index contributed by atoms with van der Waals surface area (Å²) < 4.78 is 22.4. The number of aliphatic hydroxyl groups excluding tert-OH is 5. The van der Waals surface area contributed by atoms with E-state index in [1.807, 2.05) is 83.1 Å². The summed E-state index contributed by atoms with van der Waals surface area (Å²) >= 11 is 0.